The van der Waals surface area contributed by atoms with E-state index in [1.807, 2.05) is 46.0 Å². The van der Waals surface area contributed by atoms with Crippen molar-refractivity contribution < 1.29 is 14.5 Å². The van der Waals surface area contributed by atoms with E-state index < -0.39 is 0 Å². The molecule has 0 aliphatic rings. The lowest BCUT2D eigenvalue weighted by molar-refractivity contribution is -0.862. The molecule has 0 spiro atoms. The minimum atomic E-state index is -0.0791. The summed E-state index contributed by atoms with van der Waals surface area (Å²) in [6.07, 6.45) is 0.914. The van der Waals surface area contributed by atoms with Crippen molar-refractivity contribution in [3.8, 4) is 0 Å². The third-order valence-electron chi connectivity index (χ3n) is 4.52. The Morgan fingerprint density at radius 1 is 0.966 bits per heavy atom. The van der Waals surface area contributed by atoms with E-state index in [9.17, 15) is 9.59 Å². The number of nitrogens with one attached hydrogen (secondary N) is 3. The van der Waals surface area contributed by atoms with Crippen molar-refractivity contribution in [2.75, 3.05) is 37.8 Å². The summed E-state index contributed by atoms with van der Waals surface area (Å²) in [5.41, 5.74) is 4.16. The van der Waals surface area contributed by atoms with Crippen LogP contribution in [-0.4, -0.2) is 44.2 Å². The molecule has 0 saturated heterocycles. The fourth-order valence-corrected chi connectivity index (χ4v) is 4.11. The molecule has 1 unspecified atom stereocenters. The van der Waals surface area contributed by atoms with Gasteiger partial charge < -0.3 is 15.5 Å². The Morgan fingerprint density at radius 3 is 2.24 bits per heavy atom. The highest BCUT2D eigenvalue weighted by Gasteiger charge is 2.15. The molecule has 5 nitrogen and oxygen atoms in total. The standard InChI is InChI=1S/C23H31N3O2S/c1-17-13-18(2)23(19(3)14-17)25-22(28)16-26(4)15-21(27)24-11-8-12-29-20-9-6-5-7-10-20/h5-7,9-10,13-14H,8,11-12,15-16H2,1-4H3,(H,24,27)(H,25,28)/p+1. The molecule has 0 saturated carbocycles. The Morgan fingerprint density at radius 2 is 1.59 bits per heavy atom. The molecule has 0 heterocycles. The number of carbonyl (C=O) groups is 2. The number of thioether (sulfide) groups is 1. The molecule has 2 amide bonds. The topological polar surface area (TPSA) is 62.6 Å². The van der Waals surface area contributed by atoms with Gasteiger partial charge in [0.1, 0.15) is 0 Å². The van der Waals surface area contributed by atoms with E-state index in [1.54, 1.807) is 11.8 Å². The predicted molar refractivity (Wildman–Crippen MR) is 121 cm³/mol. The van der Waals surface area contributed by atoms with Crippen LogP contribution in [0.2, 0.25) is 0 Å². The number of carbonyl (C=O) groups excluding carboxylic acids is 2. The smallest absolute Gasteiger partial charge is 0.279 e. The van der Waals surface area contributed by atoms with Gasteiger partial charge in [0.25, 0.3) is 11.8 Å². The maximum absolute atomic E-state index is 12.4. The molecule has 2 rings (SSSR count). The summed E-state index contributed by atoms with van der Waals surface area (Å²) in [4.78, 5) is 26.6. The molecular formula is C23H32N3O2S+. The zero-order valence-electron chi connectivity index (χ0n) is 17.8. The summed E-state index contributed by atoms with van der Waals surface area (Å²) in [7, 11) is 1.86. The van der Waals surface area contributed by atoms with E-state index in [2.05, 4.69) is 34.9 Å². The van der Waals surface area contributed by atoms with Gasteiger partial charge in [0, 0.05) is 17.1 Å². The van der Waals surface area contributed by atoms with E-state index in [4.69, 9.17) is 0 Å². The highest BCUT2D eigenvalue weighted by atomic mass is 32.2. The summed E-state index contributed by atoms with van der Waals surface area (Å²) in [5, 5.41) is 5.93. The van der Waals surface area contributed by atoms with Crippen molar-refractivity contribution >= 4 is 29.3 Å². The first-order valence-electron chi connectivity index (χ1n) is 9.98. The molecule has 0 aliphatic carbocycles. The van der Waals surface area contributed by atoms with Crippen LogP contribution in [0.1, 0.15) is 23.1 Å². The van der Waals surface area contributed by atoms with Gasteiger partial charge in [-0.25, -0.2) is 0 Å². The number of likely N-dealkylation sites (N-methyl/N-ethyl adjacent to an activating group) is 1. The van der Waals surface area contributed by atoms with Crippen molar-refractivity contribution in [3.63, 3.8) is 0 Å². The lowest BCUT2D eigenvalue weighted by Crippen LogP contribution is -3.11. The zero-order chi connectivity index (χ0) is 21.2. The molecule has 3 N–H and O–H groups in total. The molecule has 0 bridgehead atoms. The van der Waals surface area contributed by atoms with Gasteiger partial charge in [-0.1, -0.05) is 35.9 Å². The summed E-state index contributed by atoms with van der Waals surface area (Å²) < 4.78 is 0. The van der Waals surface area contributed by atoms with E-state index in [0.717, 1.165) is 33.9 Å². The van der Waals surface area contributed by atoms with Crippen LogP contribution in [-0.2, 0) is 9.59 Å². The number of hydrogen-bond acceptors (Lipinski definition) is 3. The van der Waals surface area contributed by atoms with Crippen molar-refractivity contribution in [1.29, 1.82) is 0 Å². The van der Waals surface area contributed by atoms with Crippen LogP contribution in [0.5, 0.6) is 0 Å². The maximum atomic E-state index is 12.4. The van der Waals surface area contributed by atoms with Crippen LogP contribution < -0.4 is 15.5 Å². The van der Waals surface area contributed by atoms with Crippen LogP contribution in [0.3, 0.4) is 0 Å². The normalized spacial score (nSPS) is 11.7. The van der Waals surface area contributed by atoms with Crippen LogP contribution >= 0.6 is 11.8 Å². The molecule has 0 radical (unpaired) electrons. The second kappa shape index (κ2) is 11.6. The summed E-state index contributed by atoms with van der Waals surface area (Å²) in [5.74, 6) is 0.859. The van der Waals surface area contributed by atoms with Crippen LogP contribution in [0.4, 0.5) is 5.69 Å². The molecule has 2 aromatic rings. The fourth-order valence-electron chi connectivity index (χ4n) is 3.24. The van der Waals surface area contributed by atoms with Gasteiger partial charge >= 0.3 is 0 Å². The quantitative estimate of drug-likeness (QED) is 0.413. The first-order valence-corrected chi connectivity index (χ1v) is 11.0. The molecule has 0 aromatic heterocycles. The number of quaternary nitrogens is 1. The summed E-state index contributed by atoms with van der Waals surface area (Å²) in [6, 6.07) is 14.4. The summed E-state index contributed by atoms with van der Waals surface area (Å²) >= 11 is 1.79. The average Bonchev–Trinajstić information content (AvgIpc) is 2.65. The zero-order valence-corrected chi connectivity index (χ0v) is 18.6. The second-order valence-electron chi connectivity index (χ2n) is 7.50. The lowest BCUT2D eigenvalue weighted by atomic mass is 10.1. The van der Waals surface area contributed by atoms with Gasteiger partial charge in [-0.05, 0) is 56.2 Å². The number of aryl methyl sites for hydroxylation is 3. The Labute approximate surface area is 178 Å². The fraction of sp³-hybridized carbons (Fsp3) is 0.391. The van der Waals surface area contributed by atoms with Gasteiger partial charge in [0.05, 0.1) is 7.05 Å². The number of hydrogen-bond donors (Lipinski definition) is 3. The highest BCUT2D eigenvalue weighted by molar-refractivity contribution is 7.99. The van der Waals surface area contributed by atoms with Crippen molar-refractivity contribution in [2.45, 2.75) is 32.1 Å². The van der Waals surface area contributed by atoms with E-state index >= 15 is 0 Å². The minimum Gasteiger partial charge on any atom is -0.351 e. The monoisotopic (exact) mass is 414 g/mol. The minimum absolute atomic E-state index is 0.0253. The van der Waals surface area contributed by atoms with Gasteiger partial charge in [-0.3, -0.25) is 9.59 Å². The van der Waals surface area contributed by atoms with Gasteiger partial charge in [0.15, 0.2) is 13.1 Å². The van der Waals surface area contributed by atoms with Gasteiger partial charge in [-0.2, -0.15) is 0 Å². The van der Waals surface area contributed by atoms with E-state index in [-0.39, 0.29) is 24.9 Å². The molecule has 6 heteroatoms. The maximum Gasteiger partial charge on any atom is 0.279 e. The third kappa shape index (κ3) is 8.30. The number of anilines is 1. The number of rotatable bonds is 10. The highest BCUT2D eigenvalue weighted by Crippen LogP contribution is 2.21. The van der Waals surface area contributed by atoms with Crippen molar-refractivity contribution in [2.24, 2.45) is 0 Å². The number of amides is 2. The number of benzene rings is 2. The predicted octanol–water partition coefficient (Wildman–Crippen LogP) is 2.36. The van der Waals surface area contributed by atoms with Gasteiger partial charge in [-0.15, -0.1) is 11.8 Å². The Hall–Kier alpha value is -2.31. The molecule has 0 aliphatic heterocycles. The van der Waals surface area contributed by atoms with E-state index in [1.165, 1.54) is 10.5 Å². The lowest BCUT2D eigenvalue weighted by Gasteiger charge is -2.16. The largest absolute Gasteiger partial charge is 0.351 e. The average molecular weight is 415 g/mol. The molecular weight excluding hydrogens is 382 g/mol. The van der Waals surface area contributed by atoms with Crippen LogP contribution in [0.25, 0.3) is 0 Å². The Bertz CT molecular complexity index is 801. The first-order chi connectivity index (χ1) is 13.8. The molecule has 1 atom stereocenters. The SMILES string of the molecule is Cc1cc(C)c(NC(=O)C[NH+](C)CC(=O)NCCCSc2ccccc2)c(C)c1. The first kappa shape index (κ1) is 23.0. The molecule has 0 fully saturated rings. The van der Waals surface area contributed by atoms with Gasteiger partial charge in [0.2, 0.25) is 0 Å². The van der Waals surface area contributed by atoms with E-state index in [0.29, 0.717) is 6.54 Å². The Kier molecular flexibility index (Phi) is 9.22. The summed E-state index contributed by atoms with van der Waals surface area (Å²) in [6.45, 7) is 7.23. The van der Waals surface area contributed by atoms with Crippen molar-refractivity contribution in [1.82, 2.24) is 5.32 Å². The van der Waals surface area contributed by atoms with Crippen LogP contribution in [0, 0.1) is 20.8 Å². The molecule has 29 heavy (non-hydrogen) atoms. The third-order valence-corrected chi connectivity index (χ3v) is 5.62. The molecule has 2 aromatic carbocycles. The van der Waals surface area contributed by atoms with Crippen molar-refractivity contribution in [3.05, 3.63) is 59.2 Å². The second-order valence-corrected chi connectivity index (χ2v) is 8.67. The molecule has 156 valence electrons. The van der Waals surface area contributed by atoms with Crippen LogP contribution in [0.15, 0.2) is 47.4 Å². The Balaban J connectivity index is 1.65.